The van der Waals surface area contributed by atoms with Gasteiger partial charge in [-0.1, -0.05) is 61.9 Å². The lowest BCUT2D eigenvalue weighted by molar-refractivity contribution is -0.118. The summed E-state index contributed by atoms with van der Waals surface area (Å²) < 4.78 is 6.25. The number of hydrogen-bond acceptors (Lipinski definition) is 4. The van der Waals surface area contributed by atoms with Crippen LogP contribution in [0, 0.1) is 3.57 Å². The molecular formula is C27H25IN2O5. The van der Waals surface area contributed by atoms with E-state index in [1.807, 2.05) is 65.9 Å². The lowest BCUT2D eigenvalue weighted by Crippen LogP contribution is -2.44. The highest BCUT2D eigenvalue weighted by Crippen LogP contribution is 2.44. The van der Waals surface area contributed by atoms with Crippen molar-refractivity contribution in [2.75, 3.05) is 11.9 Å². The number of carboxylic acid groups (broad SMARTS) is 1. The first-order chi connectivity index (χ1) is 16.9. The third-order valence-electron chi connectivity index (χ3n) is 5.94. The normalized spacial score (nSPS) is 12.9. The molecule has 4 rings (SSSR count). The maximum atomic E-state index is 12.9. The van der Waals surface area contributed by atoms with E-state index in [0.29, 0.717) is 22.1 Å². The highest BCUT2D eigenvalue weighted by atomic mass is 127. The summed E-state index contributed by atoms with van der Waals surface area (Å²) in [7, 11) is 0. The second-order valence-electron chi connectivity index (χ2n) is 8.33. The predicted octanol–water partition coefficient (Wildman–Crippen LogP) is 5.64. The quantitative estimate of drug-likeness (QED) is 0.298. The van der Waals surface area contributed by atoms with Crippen LogP contribution < -0.4 is 10.6 Å². The third-order valence-corrected chi connectivity index (χ3v) is 6.56. The minimum absolute atomic E-state index is 0.0729. The Morgan fingerprint density at radius 2 is 1.63 bits per heavy atom. The minimum Gasteiger partial charge on any atom is -0.478 e. The molecule has 1 atom stereocenters. The number of amides is 2. The predicted molar refractivity (Wildman–Crippen MR) is 142 cm³/mol. The number of carbonyl (C=O) groups is 3. The van der Waals surface area contributed by atoms with Crippen molar-refractivity contribution in [3.05, 3.63) is 87.0 Å². The van der Waals surface area contributed by atoms with Gasteiger partial charge in [0.15, 0.2) is 0 Å². The first kappa shape index (κ1) is 24.7. The van der Waals surface area contributed by atoms with Gasteiger partial charge < -0.3 is 20.5 Å². The van der Waals surface area contributed by atoms with Gasteiger partial charge in [0.05, 0.1) is 5.56 Å². The average molecular weight is 584 g/mol. The van der Waals surface area contributed by atoms with Gasteiger partial charge in [0.1, 0.15) is 12.6 Å². The lowest BCUT2D eigenvalue weighted by atomic mass is 9.98. The Balaban J connectivity index is 1.42. The molecule has 1 aliphatic carbocycles. The zero-order valence-electron chi connectivity index (χ0n) is 19.1. The van der Waals surface area contributed by atoms with Gasteiger partial charge in [-0.3, -0.25) is 4.79 Å². The van der Waals surface area contributed by atoms with Crippen LogP contribution in [-0.4, -0.2) is 35.7 Å². The number of ether oxygens (including phenoxy) is 1. The summed E-state index contributed by atoms with van der Waals surface area (Å²) in [5.41, 5.74) is 4.92. The summed E-state index contributed by atoms with van der Waals surface area (Å²) in [6.07, 6.45) is 0.398. The van der Waals surface area contributed by atoms with E-state index in [1.54, 1.807) is 6.07 Å². The van der Waals surface area contributed by atoms with E-state index >= 15 is 0 Å². The summed E-state index contributed by atoms with van der Waals surface area (Å²) in [6.45, 7) is 2.06. The average Bonchev–Trinajstić information content (AvgIpc) is 3.16. The minimum atomic E-state index is -1.08. The van der Waals surface area contributed by atoms with Crippen LogP contribution in [0.4, 0.5) is 10.5 Å². The van der Waals surface area contributed by atoms with Crippen molar-refractivity contribution >= 4 is 46.2 Å². The van der Waals surface area contributed by atoms with Gasteiger partial charge in [-0.25, -0.2) is 9.59 Å². The monoisotopic (exact) mass is 584 g/mol. The van der Waals surface area contributed by atoms with Crippen molar-refractivity contribution in [1.82, 2.24) is 5.32 Å². The zero-order chi connectivity index (χ0) is 24.9. The second-order valence-corrected chi connectivity index (χ2v) is 9.58. The maximum absolute atomic E-state index is 12.9. The number of carbonyl (C=O) groups excluding carboxylic acids is 2. The second kappa shape index (κ2) is 10.9. The highest BCUT2D eigenvalue weighted by Gasteiger charge is 2.29. The molecular weight excluding hydrogens is 559 g/mol. The van der Waals surface area contributed by atoms with Crippen molar-refractivity contribution in [2.45, 2.75) is 31.7 Å². The number of carboxylic acids is 1. The Morgan fingerprint density at radius 1 is 1.00 bits per heavy atom. The molecule has 3 aromatic carbocycles. The zero-order valence-corrected chi connectivity index (χ0v) is 21.2. The maximum Gasteiger partial charge on any atom is 0.407 e. The van der Waals surface area contributed by atoms with Crippen molar-refractivity contribution in [1.29, 1.82) is 0 Å². The molecule has 7 nitrogen and oxygen atoms in total. The molecule has 1 aliphatic rings. The van der Waals surface area contributed by atoms with Crippen LogP contribution in [0.25, 0.3) is 11.1 Å². The van der Waals surface area contributed by atoms with Crippen LogP contribution in [0.2, 0.25) is 0 Å². The molecule has 0 aliphatic heterocycles. The molecule has 2 amide bonds. The van der Waals surface area contributed by atoms with Crippen LogP contribution in [-0.2, 0) is 9.53 Å². The molecule has 180 valence electrons. The lowest BCUT2D eigenvalue weighted by Gasteiger charge is -2.19. The molecule has 0 bridgehead atoms. The number of nitrogens with one attached hydrogen (secondary N) is 2. The van der Waals surface area contributed by atoms with Gasteiger partial charge in [0.2, 0.25) is 5.91 Å². The van der Waals surface area contributed by atoms with Crippen molar-refractivity contribution < 1.29 is 24.2 Å². The number of rotatable bonds is 8. The smallest absolute Gasteiger partial charge is 0.407 e. The van der Waals surface area contributed by atoms with Gasteiger partial charge in [-0.15, -0.1) is 0 Å². The Hall–Kier alpha value is -3.40. The Morgan fingerprint density at radius 3 is 2.23 bits per heavy atom. The molecule has 35 heavy (non-hydrogen) atoms. The third kappa shape index (κ3) is 5.64. The molecule has 0 saturated heterocycles. The van der Waals surface area contributed by atoms with E-state index in [1.165, 1.54) is 12.1 Å². The van der Waals surface area contributed by atoms with Crippen LogP contribution >= 0.6 is 22.6 Å². The standard InChI is InChI=1S/C27H25IN2O5/c1-2-7-24(25(31)29-18-13-16(26(32)33)12-17(28)14-18)30-27(34)35-15-23-21-10-5-3-8-19(21)20-9-4-6-11-22(20)23/h3-6,8-14,23-24H,2,7,15H2,1H3,(H,29,31)(H,30,34)(H,32,33). The molecule has 0 radical (unpaired) electrons. The molecule has 1 unspecified atom stereocenters. The van der Waals surface area contributed by atoms with E-state index in [9.17, 15) is 19.5 Å². The van der Waals surface area contributed by atoms with E-state index < -0.39 is 24.0 Å². The number of benzene rings is 3. The fourth-order valence-electron chi connectivity index (χ4n) is 4.35. The molecule has 0 aromatic heterocycles. The summed E-state index contributed by atoms with van der Waals surface area (Å²) in [4.78, 5) is 36.9. The van der Waals surface area contributed by atoms with Gasteiger partial charge in [-0.2, -0.15) is 0 Å². The first-order valence-electron chi connectivity index (χ1n) is 11.3. The first-order valence-corrected chi connectivity index (χ1v) is 12.4. The topological polar surface area (TPSA) is 105 Å². The number of aromatic carboxylic acids is 1. The molecule has 3 N–H and O–H groups in total. The van der Waals surface area contributed by atoms with E-state index in [-0.39, 0.29) is 18.1 Å². The fraction of sp³-hybridized carbons (Fsp3) is 0.222. The molecule has 0 fully saturated rings. The van der Waals surface area contributed by atoms with Gasteiger partial charge in [0.25, 0.3) is 0 Å². The van der Waals surface area contributed by atoms with Gasteiger partial charge in [-0.05, 0) is 69.5 Å². The largest absolute Gasteiger partial charge is 0.478 e. The van der Waals surface area contributed by atoms with Crippen LogP contribution in [0.5, 0.6) is 0 Å². The van der Waals surface area contributed by atoms with Crippen molar-refractivity contribution in [3.63, 3.8) is 0 Å². The molecule has 8 heteroatoms. The number of fused-ring (bicyclic) bond motifs is 3. The highest BCUT2D eigenvalue weighted by molar-refractivity contribution is 14.1. The summed E-state index contributed by atoms with van der Waals surface area (Å²) in [6, 6.07) is 19.9. The van der Waals surface area contributed by atoms with Crippen molar-refractivity contribution in [2.24, 2.45) is 0 Å². The Bertz CT molecular complexity index is 1230. The molecule has 3 aromatic rings. The fourth-order valence-corrected chi connectivity index (χ4v) is 5.03. The molecule has 0 saturated carbocycles. The summed E-state index contributed by atoms with van der Waals surface area (Å²) >= 11 is 1.99. The van der Waals surface area contributed by atoms with Crippen LogP contribution in [0.3, 0.4) is 0 Å². The van der Waals surface area contributed by atoms with Crippen LogP contribution in [0.1, 0.15) is 47.2 Å². The molecule has 0 spiro atoms. The Labute approximate surface area is 217 Å². The molecule has 0 heterocycles. The number of alkyl carbamates (subject to hydrolysis) is 1. The van der Waals surface area contributed by atoms with E-state index in [4.69, 9.17) is 4.74 Å². The SMILES string of the molecule is CCCC(NC(=O)OCC1c2ccccc2-c2ccccc21)C(=O)Nc1cc(I)cc(C(=O)O)c1. The van der Waals surface area contributed by atoms with E-state index in [0.717, 1.165) is 22.3 Å². The van der Waals surface area contributed by atoms with Gasteiger partial charge in [0, 0.05) is 15.2 Å². The Kier molecular flexibility index (Phi) is 7.70. The summed E-state index contributed by atoms with van der Waals surface area (Å²) in [5.74, 6) is -1.59. The van der Waals surface area contributed by atoms with Crippen LogP contribution in [0.15, 0.2) is 66.7 Å². The number of halogens is 1. The van der Waals surface area contributed by atoms with Crippen molar-refractivity contribution in [3.8, 4) is 11.1 Å². The summed E-state index contributed by atoms with van der Waals surface area (Å²) in [5, 5.41) is 14.6. The van der Waals surface area contributed by atoms with Gasteiger partial charge >= 0.3 is 12.1 Å². The number of anilines is 1. The number of hydrogen-bond donors (Lipinski definition) is 3. The van der Waals surface area contributed by atoms with E-state index in [2.05, 4.69) is 22.8 Å².